The highest BCUT2D eigenvalue weighted by molar-refractivity contribution is 8.76. The minimum Gasteiger partial charge on any atom is -0.480 e. The Labute approximate surface area is 132 Å². The second-order valence-electron chi connectivity index (χ2n) is 4.19. The molecule has 2 aromatic rings. The van der Waals surface area contributed by atoms with Crippen molar-refractivity contribution >= 4 is 33.5 Å². The van der Waals surface area contributed by atoms with Gasteiger partial charge in [-0.2, -0.15) is 0 Å². The first-order valence-corrected chi connectivity index (χ1v) is 8.11. The van der Waals surface area contributed by atoms with Crippen LogP contribution in [0.15, 0.2) is 10.3 Å². The van der Waals surface area contributed by atoms with Gasteiger partial charge >= 0.3 is 11.9 Å². The summed E-state index contributed by atoms with van der Waals surface area (Å²) < 4.78 is 2.90. The van der Waals surface area contributed by atoms with Crippen LogP contribution in [0.1, 0.15) is 11.6 Å². The Kier molecular flexibility index (Phi) is 5.03. The zero-order valence-corrected chi connectivity index (χ0v) is 13.3. The summed E-state index contributed by atoms with van der Waals surface area (Å²) in [5.74, 6) is -1.04. The summed E-state index contributed by atoms with van der Waals surface area (Å²) >= 11 is 0. The van der Waals surface area contributed by atoms with Crippen molar-refractivity contribution in [3.05, 3.63) is 11.6 Å². The maximum Gasteiger partial charge on any atom is 0.323 e. The predicted molar refractivity (Wildman–Crippen MR) is 76.5 cm³/mol. The Morgan fingerprint density at radius 1 is 0.864 bits per heavy atom. The van der Waals surface area contributed by atoms with Crippen LogP contribution in [0.2, 0.25) is 0 Å². The lowest BCUT2D eigenvalue weighted by molar-refractivity contribution is -0.138. The number of aromatic nitrogens is 6. The second kappa shape index (κ2) is 6.79. The molecule has 0 spiro atoms. The number of rotatable bonds is 7. The van der Waals surface area contributed by atoms with Crippen LogP contribution in [0.5, 0.6) is 0 Å². The third kappa shape index (κ3) is 3.76. The molecule has 118 valence electrons. The minimum atomic E-state index is -1.00. The molecule has 0 aliphatic carbocycles. The smallest absolute Gasteiger partial charge is 0.323 e. The van der Waals surface area contributed by atoms with Crippen LogP contribution in [0.4, 0.5) is 0 Å². The van der Waals surface area contributed by atoms with E-state index >= 15 is 0 Å². The van der Waals surface area contributed by atoms with Gasteiger partial charge < -0.3 is 10.2 Å². The predicted octanol–water partition coefficient (Wildman–Crippen LogP) is 0.455. The van der Waals surface area contributed by atoms with E-state index in [1.807, 2.05) is 0 Å². The number of aliphatic carboxylic acids is 2. The maximum atomic E-state index is 10.8. The van der Waals surface area contributed by atoms with Gasteiger partial charge in [-0.25, -0.2) is 0 Å². The van der Waals surface area contributed by atoms with E-state index in [1.165, 1.54) is 9.13 Å². The van der Waals surface area contributed by atoms with E-state index in [-0.39, 0.29) is 13.1 Å². The summed E-state index contributed by atoms with van der Waals surface area (Å²) in [7, 11) is 2.29. The van der Waals surface area contributed by atoms with Crippen molar-refractivity contribution in [3.8, 4) is 0 Å². The number of aryl methyl sites for hydroxylation is 2. The van der Waals surface area contributed by atoms with Crippen LogP contribution >= 0.6 is 21.6 Å². The van der Waals surface area contributed by atoms with Crippen LogP contribution in [0.3, 0.4) is 0 Å². The Hall–Kier alpha value is -2.08. The normalized spacial score (nSPS) is 10.8. The Bertz CT molecular complexity index is 652. The first kappa shape index (κ1) is 16.3. The number of hydrogen-bond donors (Lipinski definition) is 2. The molecule has 2 aromatic heterocycles. The molecule has 0 aliphatic heterocycles. The Morgan fingerprint density at radius 2 is 1.23 bits per heavy atom. The van der Waals surface area contributed by atoms with Crippen LogP contribution in [0.25, 0.3) is 0 Å². The molecule has 0 atom stereocenters. The molecule has 0 aromatic carbocycles. The third-order valence-electron chi connectivity index (χ3n) is 2.58. The zero-order chi connectivity index (χ0) is 16.3. The largest absolute Gasteiger partial charge is 0.480 e. The number of carboxylic acids is 2. The van der Waals surface area contributed by atoms with E-state index in [2.05, 4.69) is 20.4 Å². The van der Waals surface area contributed by atoms with Gasteiger partial charge in [0.2, 0.25) is 10.3 Å². The van der Waals surface area contributed by atoms with Gasteiger partial charge in [-0.15, -0.1) is 20.4 Å². The molecule has 0 unspecified atom stereocenters. The highest BCUT2D eigenvalue weighted by atomic mass is 33.1. The van der Waals surface area contributed by atoms with Gasteiger partial charge in [0.1, 0.15) is 24.7 Å². The molecule has 0 saturated carbocycles. The summed E-state index contributed by atoms with van der Waals surface area (Å²) in [6.45, 7) is 2.81. The van der Waals surface area contributed by atoms with E-state index in [1.54, 1.807) is 13.8 Å². The molecule has 12 heteroatoms. The highest BCUT2D eigenvalue weighted by Gasteiger charge is 2.17. The molecule has 0 saturated heterocycles. The van der Waals surface area contributed by atoms with Crippen LogP contribution in [-0.4, -0.2) is 51.7 Å². The first-order chi connectivity index (χ1) is 10.4. The molecule has 0 radical (unpaired) electrons. The van der Waals surface area contributed by atoms with Crippen molar-refractivity contribution in [3.63, 3.8) is 0 Å². The molecular weight excluding hydrogens is 332 g/mol. The molecule has 0 amide bonds. The lowest BCUT2D eigenvalue weighted by Gasteiger charge is -2.06. The monoisotopic (exact) mass is 344 g/mol. The van der Waals surface area contributed by atoms with Gasteiger partial charge in [0.15, 0.2) is 0 Å². The van der Waals surface area contributed by atoms with Crippen molar-refractivity contribution in [1.82, 2.24) is 29.5 Å². The van der Waals surface area contributed by atoms with Crippen molar-refractivity contribution in [2.45, 2.75) is 37.2 Å². The first-order valence-electron chi connectivity index (χ1n) is 5.96. The van der Waals surface area contributed by atoms with Crippen LogP contribution in [0, 0.1) is 13.8 Å². The van der Waals surface area contributed by atoms with Gasteiger partial charge in [-0.1, -0.05) is 0 Å². The van der Waals surface area contributed by atoms with Crippen LogP contribution < -0.4 is 0 Å². The molecule has 22 heavy (non-hydrogen) atoms. The highest BCUT2D eigenvalue weighted by Crippen LogP contribution is 2.35. The van der Waals surface area contributed by atoms with E-state index < -0.39 is 11.9 Å². The standard InChI is InChI=1S/C10H12N6O4S2/c1-5-11-13-9(15(5)3-7(17)18)21-22-10-14-12-6(2)16(10)4-8(19)20/h3-4H2,1-2H3,(H,17,18)(H,19,20). The Morgan fingerprint density at radius 3 is 1.55 bits per heavy atom. The van der Waals surface area contributed by atoms with Gasteiger partial charge in [-0.3, -0.25) is 18.7 Å². The number of carboxylic acid groups (broad SMARTS) is 2. The van der Waals surface area contributed by atoms with E-state index in [0.717, 1.165) is 21.6 Å². The van der Waals surface area contributed by atoms with Gasteiger partial charge in [0, 0.05) is 0 Å². The van der Waals surface area contributed by atoms with Crippen molar-refractivity contribution in [2.75, 3.05) is 0 Å². The third-order valence-corrected chi connectivity index (χ3v) is 4.71. The Balaban J connectivity index is 2.14. The molecule has 0 aliphatic rings. The fourth-order valence-electron chi connectivity index (χ4n) is 1.56. The van der Waals surface area contributed by atoms with Gasteiger partial charge in [0.05, 0.1) is 0 Å². The fourth-order valence-corrected chi connectivity index (χ4v) is 3.61. The molecule has 0 bridgehead atoms. The fraction of sp³-hybridized carbons (Fsp3) is 0.400. The molecule has 2 rings (SSSR count). The topological polar surface area (TPSA) is 136 Å². The summed E-state index contributed by atoms with van der Waals surface area (Å²) in [6, 6.07) is 0. The molecule has 10 nitrogen and oxygen atoms in total. The number of hydrogen-bond acceptors (Lipinski definition) is 8. The lowest BCUT2D eigenvalue weighted by Crippen LogP contribution is -2.11. The van der Waals surface area contributed by atoms with E-state index in [0.29, 0.717) is 22.0 Å². The summed E-state index contributed by atoms with van der Waals surface area (Å²) in [5.41, 5.74) is 0. The lowest BCUT2D eigenvalue weighted by atomic mass is 10.6. The summed E-state index contributed by atoms with van der Waals surface area (Å²) in [5, 5.41) is 34.0. The number of nitrogens with zero attached hydrogens (tertiary/aromatic N) is 6. The van der Waals surface area contributed by atoms with Crippen molar-refractivity contribution < 1.29 is 19.8 Å². The molecule has 2 N–H and O–H groups in total. The minimum absolute atomic E-state index is 0.247. The second-order valence-corrected chi connectivity index (χ2v) is 6.25. The van der Waals surface area contributed by atoms with Crippen molar-refractivity contribution in [1.29, 1.82) is 0 Å². The maximum absolute atomic E-state index is 10.8. The molecular formula is C10H12N6O4S2. The SMILES string of the molecule is Cc1nnc(SSc2nnc(C)n2CC(=O)O)n1CC(=O)O. The van der Waals surface area contributed by atoms with E-state index in [4.69, 9.17) is 10.2 Å². The number of carbonyl (C=O) groups is 2. The quantitative estimate of drug-likeness (QED) is 0.681. The molecule has 0 fully saturated rings. The van der Waals surface area contributed by atoms with Gasteiger partial charge in [-0.05, 0) is 35.4 Å². The zero-order valence-electron chi connectivity index (χ0n) is 11.6. The van der Waals surface area contributed by atoms with Crippen LogP contribution in [-0.2, 0) is 22.7 Å². The summed E-state index contributed by atoms with van der Waals surface area (Å²) in [6.07, 6.45) is 0. The van der Waals surface area contributed by atoms with Gasteiger partial charge in [0.25, 0.3) is 0 Å². The average Bonchev–Trinajstić information content (AvgIpc) is 2.93. The molecule has 2 heterocycles. The average molecular weight is 344 g/mol. The van der Waals surface area contributed by atoms with E-state index in [9.17, 15) is 9.59 Å². The summed E-state index contributed by atoms with van der Waals surface area (Å²) in [4.78, 5) is 21.7. The van der Waals surface area contributed by atoms with Crippen molar-refractivity contribution in [2.24, 2.45) is 0 Å².